The highest BCUT2D eigenvalue weighted by Crippen LogP contribution is 2.63. The number of esters is 1. The molecule has 5 rings (SSSR count). The van der Waals surface area contributed by atoms with Gasteiger partial charge in [-0.25, -0.2) is 4.79 Å². The van der Waals surface area contributed by atoms with Crippen molar-refractivity contribution in [2.24, 2.45) is 22.7 Å². The first-order chi connectivity index (χ1) is 17.8. The van der Waals surface area contributed by atoms with Gasteiger partial charge in [-0.3, -0.25) is 10.1 Å². The Morgan fingerprint density at radius 1 is 1.24 bits per heavy atom. The minimum atomic E-state index is -0.641. The molecule has 2 saturated heterocycles. The molecular formula is C29H36ClNO7. The second-order valence-corrected chi connectivity index (χ2v) is 12.5. The van der Waals surface area contributed by atoms with Crippen LogP contribution in [-0.2, 0) is 19.0 Å². The number of nitro benzene ring substituents is 1. The molecule has 8 nitrogen and oxygen atoms in total. The molecule has 1 aromatic rings. The van der Waals surface area contributed by atoms with E-state index in [4.69, 9.17) is 30.5 Å². The number of carbonyl (C=O) groups excluding carboxylic acids is 1. The van der Waals surface area contributed by atoms with Crippen LogP contribution in [0, 0.1) is 32.8 Å². The molecule has 38 heavy (non-hydrogen) atoms. The van der Waals surface area contributed by atoms with Gasteiger partial charge in [0.15, 0.2) is 11.9 Å². The first-order valence-electron chi connectivity index (χ1n) is 13.3. The number of non-ortho nitro benzene ring substituents is 1. The summed E-state index contributed by atoms with van der Waals surface area (Å²) in [5.41, 5.74) is 1.44. The van der Waals surface area contributed by atoms with Crippen molar-refractivity contribution in [1.29, 1.82) is 0 Å². The van der Waals surface area contributed by atoms with Gasteiger partial charge in [0.05, 0.1) is 28.2 Å². The monoisotopic (exact) mass is 545 g/mol. The number of hydrogen-bond acceptors (Lipinski definition) is 7. The van der Waals surface area contributed by atoms with Crippen molar-refractivity contribution >= 4 is 23.3 Å². The summed E-state index contributed by atoms with van der Waals surface area (Å²) in [4.78, 5) is 23.2. The number of nitro groups is 1. The molecule has 0 N–H and O–H groups in total. The summed E-state index contributed by atoms with van der Waals surface area (Å²) in [5, 5.41) is 11.1. The van der Waals surface area contributed by atoms with Gasteiger partial charge in [0.2, 0.25) is 0 Å². The van der Waals surface area contributed by atoms with Gasteiger partial charge >= 0.3 is 5.97 Å². The van der Waals surface area contributed by atoms with Gasteiger partial charge in [-0.05, 0) is 69.3 Å². The zero-order valence-corrected chi connectivity index (χ0v) is 23.2. The highest BCUT2D eigenvalue weighted by molar-refractivity contribution is 6.32. The lowest BCUT2D eigenvalue weighted by atomic mass is 9.46. The van der Waals surface area contributed by atoms with Crippen molar-refractivity contribution in [2.45, 2.75) is 77.8 Å². The van der Waals surface area contributed by atoms with E-state index in [1.807, 2.05) is 19.9 Å². The fourth-order valence-electron chi connectivity index (χ4n) is 7.36. The van der Waals surface area contributed by atoms with Crippen LogP contribution in [-0.4, -0.2) is 42.1 Å². The largest absolute Gasteiger partial charge is 0.480 e. The maximum Gasteiger partial charge on any atom is 0.337 e. The Morgan fingerprint density at radius 2 is 2.00 bits per heavy atom. The number of cyclic esters (lactones) is 1. The minimum Gasteiger partial charge on any atom is -0.480 e. The number of benzene rings is 1. The predicted octanol–water partition coefficient (Wildman–Crippen LogP) is 6.41. The molecule has 0 radical (unpaired) electrons. The van der Waals surface area contributed by atoms with Crippen molar-refractivity contribution in [3.8, 4) is 5.75 Å². The number of hydrogen-bond donors (Lipinski definition) is 0. The molecular weight excluding hydrogens is 510 g/mol. The van der Waals surface area contributed by atoms with Gasteiger partial charge in [-0.1, -0.05) is 43.7 Å². The second kappa shape index (κ2) is 9.65. The van der Waals surface area contributed by atoms with E-state index < -0.39 is 22.8 Å². The van der Waals surface area contributed by atoms with Crippen molar-refractivity contribution in [3.63, 3.8) is 0 Å². The smallest absolute Gasteiger partial charge is 0.337 e. The molecule has 9 heteroatoms. The van der Waals surface area contributed by atoms with Crippen molar-refractivity contribution in [1.82, 2.24) is 0 Å². The van der Waals surface area contributed by atoms with E-state index >= 15 is 0 Å². The molecule has 4 aliphatic rings. The Hall–Kier alpha value is -2.42. The second-order valence-electron chi connectivity index (χ2n) is 12.1. The van der Waals surface area contributed by atoms with E-state index in [-0.39, 0.29) is 45.9 Å². The molecule has 2 saturated carbocycles. The van der Waals surface area contributed by atoms with Crippen molar-refractivity contribution < 1.29 is 28.7 Å². The molecule has 4 fully saturated rings. The summed E-state index contributed by atoms with van der Waals surface area (Å²) < 4.78 is 23.9. The Bertz CT molecular complexity index is 1200. The van der Waals surface area contributed by atoms with Gasteiger partial charge in [-0.15, -0.1) is 0 Å². The van der Waals surface area contributed by atoms with Crippen LogP contribution in [0.2, 0.25) is 5.02 Å². The van der Waals surface area contributed by atoms with Crippen LogP contribution in [0.1, 0.15) is 59.8 Å². The zero-order chi connectivity index (χ0) is 27.5. The molecule has 2 aliphatic heterocycles. The fraction of sp³-hybridized carbons (Fsp3) is 0.621. The lowest BCUT2D eigenvalue weighted by Gasteiger charge is -2.63. The van der Waals surface area contributed by atoms with Crippen LogP contribution >= 0.6 is 11.6 Å². The van der Waals surface area contributed by atoms with Crippen LogP contribution in [0.15, 0.2) is 42.0 Å². The van der Waals surface area contributed by atoms with E-state index in [1.54, 1.807) is 0 Å². The van der Waals surface area contributed by atoms with Gasteiger partial charge in [0.1, 0.15) is 12.4 Å². The van der Waals surface area contributed by atoms with E-state index in [2.05, 4.69) is 20.4 Å². The lowest BCUT2D eigenvalue weighted by molar-refractivity contribution is -0.384. The van der Waals surface area contributed by atoms with Crippen LogP contribution in [0.5, 0.6) is 5.75 Å². The fourth-order valence-corrected chi connectivity index (χ4v) is 7.58. The van der Waals surface area contributed by atoms with Crippen LogP contribution < -0.4 is 4.74 Å². The normalized spacial score (nSPS) is 37.3. The third-order valence-electron chi connectivity index (χ3n) is 9.39. The molecule has 206 valence electrons. The van der Waals surface area contributed by atoms with Crippen molar-refractivity contribution in [3.05, 3.63) is 57.1 Å². The minimum absolute atomic E-state index is 0.00756. The highest BCUT2D eigenvalue weighted by Gasteiger charge is 2.60. The zero-order valence-electron chi connectivity index (χ0n) is 22.5. The van der Waals surface area contributed by atoms with E-state index in [0.29, 0.717) is 24.5 Å². The molecule has 0 aromatic heterocycles. The average molecular weight is 546 g/mol. The number of carbonyl (C=O) groups is 1. The molecule has 0 amide bonds. The molecule has 2 unspecified atom stereocenters. The first-order valence-corrected chi connectivity index (χ1v) is 13.7. The summed E-state index contributed by atoms with van der Waals surface area (Å²) in [5.74, 6) is -0.112. The summed E-state index contributed by atoms with van der Waals surface area (Å²) in [6.07, 6.45) is 6.07. The number of rotatable bonds is 5. The van der Waals surface area contributed by atoms with Crippen LogP contribution in [0.25, 0.3) is 0 Å². The molecule has 2 aliphatic carbocycles. The number of allylic oxidation sites excluding steroid dienone is 2. The lowest BCUT2D eigenvalue weighted by Crippen LogP contribution is -2.62. The standard InChI is InChI=1S/C29H36ClNO7/c1-17-6-11-24-28(4,13-12-25-29(24,5)16-36-27(2,3)38-25)20(17)9-8-19-23(15-35-26(19)32)37-22-10-7-18(31(33)34)14-21(22)30/h7-8,10,14,20,23-25H,1,6,9,11-13,15-16H2,2-5H3/b19-8+/t20?,23-,24+,25?,28+,29+/m1/s1. The maximum atomic E-state index is 12.7. The molecule has 6 atom stereocenters. The number of halogens is 1. The third-order valence-corrected chi connectivity index (χ3v) is 9.69. The Morgan fingerprint density at radius 3 is 2.71 bits per heavy atom. The Labute approximate surface area is 228 Å². The number of nitrogens with zero attached hydrogens (tertiary/aromatic N) is 1. The van der Waals surface area contributed by atoms with Crippen LogP contribution in [0.4, 0.5) is 5.69 Å². The summed E-state index contributed by atoms with van der Waals surface area (Å²) in [7, 11) is 0. The SMILES string of the molecule is C=C1CC[C@H]2[C@@](C)(CCC3OC(C)(C)OC[C@]32C)C1C/C=C1/C(=O)OC[C@H]1Oc1ccc([N+](=O)[O-])cc1Cl. The molecule has 2 heterocycles. The summed E-state index contributed by atoms with van der Waals surface area (Å²) in [6.45, 7) is 13.8. The van der Waals surface area contributed by atoms with Crippen LogP contribution in [0.3, 0.4) is 0 Å². The molecule has 0 bridgehead atoms. The van der Waals surface area contributed by atoms with Gasteiger partial charge in [-0.2, -0.15) is 0 Å². The first kappa shape index (κ1) is 27.2. The van der Waals surface area contributed by atoms with Gasteiger partial charge in [0, 0.05) is 17.5 Å². The average Bonchev–Trinajstić information content (AvgIpc) is 3.19. The quantitative estimate of drug-likeness (QED) is 0.139. The van der Waals surface area contributed by atoms with Crippen molar-refractivity contribution in [2.75, 3.05) is 13.2 Å². The van der Waals surface area contributed by atoms with E-state index in [0.717, 1.165) is 25.7 Å². The maximum absolute atomic E-state index is 12.7. The molecule has 1 aromatic carbocycles. The Kier molecular flexibility index (Phi) is 6.89. The highest BCUT2D eigenvalue weighted by atomic mass is 35.5. The number of fused-ring (bicyclic) bond motifs is 3. The molecule has 0 spiro atoms. The Balaban J connectivity index is 1.36. The van der Waals surface area contributed by atoms with E-state index in [9.17, 15) is 14.9 Å². The van der Waals surface area contributed by atoms with Gasteiger partial charge < -0.3 is 18.9 Å². The third kappa shape index (κ3) is 4.65. The summed E-state index contributed by atoms with van der Waals surface area (Å²) >= 11 is 6.23. The topological polar surface area (TPSA) is 97.1 Å². The number of ether oxygens (including phenoxy) is 4. The summed E-state index contributed by atoms with van der Waals surface area (Å²) in [6, 6.07) is 4.01. The predicted molar refractivity (Wildman–Crippen MR) is 142 cm³/mol. The van der Waals surface area contributed by atoms with E-state index in [1.165, 1.54) is 23.8 Å². The van der Waals surface area contributed by atoms with Gasteiger partial charge in [0.25, 0.3) is 5.69 Å².